The Labute approximate surface area is 113 Å². The highest BCUT2D eigenvalue weighted by molar-refractivity contribution is 7.98. The molecule has 1 aliphatic rings. The number of hydrogen-bond acceptors (Lipinski definition) is 5. The van der Waals surface area contributed by atoms with Crippen LogP contribution in [0.25, 0.3) is 0 Å². The number of aromatic nitrogens is 2. The molecule has 2 rings (SSSR count). The van der Waals surface area contributed by atoms with Gasteiger partial charge in [0.15, 0.2) is 5.82 Å². The van der Waals surface area contributed by atoms with E-state index in [9.17, 15) is 0 Å². The van der Waals surface area contributed by atoms with E-state index >= 15 is 0 Å². The molecule has 102 valence electrons. The van der Waals surface area contributed by atoms with Crippen molar-refractivity contribution in [2.24, 2.45) is 5.73 Å². The van der Waals surface area contributed by atoms with Crippen molar-refractivity contribution in [2.45, 2.75) is 63.2 Å². The van der Waals surface area contributed by atoms with Crippen LogP contribution in [0.15, 0.2) is 4.52 Å². The van der Waals surface area contributed by atoms with E-state index in [4.69, 9.17) is 10.3 Å². The predicted molar refractivity (Wildman–Crippen MR) is 74.6 cm³/mol. The van der Waals surface area contributed by atoms with Crippen molar-refractivity contribution < 1.29 is 4.52 Å². The van der Waals surface area contributed by atoms with Gasteiger partial charge in [-0.25, -0.2) is 0 Å². The summed E-state index contributed by atoms with van der Waals surface area (Å²) in [4.78, 5) is 4.52. The third kappa shape index (κ3) is 3.72. The lowest BCUT2D eigenvalue weighted by atomic mass is 9.95. The summed E-state index contributed by atoms with van der Waals surface area (Å²) in [5.74, 6) is 3.84. The molecule has 0 radical (unpaired) electrons. The van der Waals surface area contributed by atoms with E-state index < -0.39 is 0 Å². The highest BCUT2D eigenvalue weighted by Gasteiger charge is 2.27. The number of rotatable bonds is 5. The number of thioether (sulfide) groups is 1. The molecule has 2 atom stereocenters. The fourth-order valence-electron chi connectivity index (χ4n) is 2.43. The van der Waals surface area contributed by atoms with Gasteiger partial charge in [-0.05, 0) is 25.0 Å². The summed E-state index contributed by atoms with van der Waals surface area (Å²) >= 11 is 1.85. The van der Waals surface area contributed by atoms with Gasteiger partial charge < -0.3 is 10.3 Å². The highest BCUT2D eigenvalue weighted by Crippen LogP contribution is 2.30. The van der Waals surface area contributed by atoms with E-state index in [0.29, 0.717) is 0 Å². The molecular weight excluding hydrogens is 246 g/mol. The van der Waals surface area contributed by atoms with Crippen LogP contribution in [-0.2, 0) is 5.75 Å². The Morgan fingerprint density at radius 1 is 1.33 bits per heavy atom. The third-order valence-electron chi connectivity index (χ3n) is 3.45. The molecule has 0 aromatic carbocycles. The minimum atomic E-state index is 0.184. The Kier molecular flexibility index (Phi) is 5.50. The van der Waals surface area contributed by atoms with E-state index in [1.807, 2.05) is 11.8 Å². The van der Waals surface area contributed by atoms with Crippen molar-refractivity contribution in [3.8, 4) is 0 Å². The average Bonchev–Trinajstić information content (AvgIpc) is 2.72. The third-order valence-corrected chi connectivity index (χ3v) is 4.61. The Balaban J connectivity index is 1.95. The van der Waals surface area contributed by atoms with Crippen molar-refractivity contribution in [2.75, 3.05) is 5.75 Å². The Hall–Kier alpha value is -0.550. The normalized spacial score (nSPS) is 25.0. The first-order valence-corrected chi connectivity index (χ1v) is 8.12. The summed E-state index contributed by atoms with van der Waals surface area (Å²) in [6.45, 7) is 2.18. The fourth-order valence-corrected chi connectivity index (χ4v) is 3.16. The molecule has 2 N–H and O–H groups in total. The smallest absolute Gasteiger partial charge is 0.231 e. The topological polar surface area (TPSA) is 64.9 Å². The Bertz CT molecular complexity index is 356. The standard InChI is InChI=1S/C13H23N3OS/c1-2-8-18-9-12-15-13(17-16-12)10-6-4-3-5-7-11(10)14/h10-11H,2-9,14H2,1H3. The van der Waals surface area contributed by atoms with Crippen LogP contribution in [-0.4, -0.2) is 21.9 Å². The zero-order valence-corrected chi connectivity index (χ0v) is 11.9. The van der Waals surface area contributed by atoms with Crippen molar-refractivity contribution in [3.63, 3.8) is 0 Å². The molecule has 1 saturated carbocycles. The lowest BCUT2D eigenvalue weighted by Gasteiger charge is -2.16. The average molecular weight is 269 g/mol. The van der Waals surface area contributed by atoms with Crippen LogP contribution >= 0.6 is 11.8 Å². The van der Waals surface area contributed by atoms with Crippen LogP contribution in [0.3, 0.4) is 0 Å². The first kappa shape index (κ1) is 13.9. The van der Waals surface area contributed by atoms with E-state index in [1.54, 1.807) is 0 Å². The summed E-state index contributed by atoms with van der Waals surface area (Å²) in [6, 6.07) is 0.184. The summed E-state index contributed by atoms with van der Waals surface area (Å²) in [5, 5.41) is 4.07. The largest absolute Gasteiger partial charge is 0.339 e. The molecule has 0 amide bonds. The second kappa shape index (κ2) is 7.14. The Morgan fingerprint density at radius 2 is 2.17 bits per heavy atom. The van der Waals surface area contributed by atoms with Crippen LogP contribution in [0, 0.1) is 0 Å². The molecule has 1 aromatic heterocycles. The Morgan fingerprint density at radius 3 is 3.00 bits per heavy atom. The summed E-state index contributed by atoms with van der Waals surface area (Å²) in [5.41, 5.74) is 6.21. The zero-order chi connectivity index (χ0) is 12.8. The van der Waals surface area contributed by atoms with Gasteiger partial charge in [-0.1, -0.05) is 31.3 Å². The number of nitrogens with zero attached hydrogens (tertiary/aromatic N) is 2. The van der Waals surface area contributed by atoms with E-state index in [-0.39, 0.29) is 12.0 Å². The van der Waals surface area contributed by atoms with Gasteiger partial charge in [0.1, 0.15) is 0 Å². The molecule has 2 unspecified atom stereocenters. The van der Waals surface area contributed by atoms with E-state index in [2.05, 4.69) is 17.1 Å². The van der Waals surface area contributed by atoms with Crippen LogP contribution in [0.1, 0.15) is 63.1 Å². The van der Waals surface area contributed by atoms with Gasteiger partial charge in [0.2, 0.25) is 5.89 Å². The summed E-state index contributed by atoms with van der Waals surface area (Å²) < 4.78 is 5.41. The van der Waals surface area contributed by atoms with Crippen LogP contribution < -0.4 is 5.73 Å². The molecule has 18 heavy (non-hydrogen) atoms. The fraction of sp³-hybridized carbons (Fsp3) is 0.846. The monoisotopic (exact) mass is 269 g/mol. The van der Waals surface area contributed by atoms with Crippen molar-refractivity contribution in [1.29, 1.82) is 0 Å². The van der Waals surface area contributed by atoms with Gasteiger partial charge in [-0.15, -0.1) is 0 Å². The molecular formula is C13H23N3OS. The lowest BCUT2D eigenvalue weighted by Crippen LogP contribution is -2.27. The molecule has 0 spiro atoms. The van der Waals surface area contributed by atoms with E-state index in [0.717, 1.165) is 36.1 Å². The predicted octanol–water partition coefficient (Wildman–Crippen LogP) is 3.09. The molecule has 0 saturated heterocycles. The van der Waals surface area contributed by atoms with Gasteiger partial charge in [0, 0.05) is 6.04 Å². The summed E-state index contributed by atoms with van der Waals surface area (Å²) in [7, 11) is 0. The molecule has 1 aliphatic carbocycles. The first-order chi connectivity index (χ1) is 8.81. The maximum Gasteiger partial charge on any atom is 0.231 e. The van der Waals surface area contributed by atoms with Crippen molar-refractivity contribution >= 4 is 11.8 Å². The van der Waals surface area contributed by atoms with E-state index in [1.165, 1.54) is 25.7 Å². The maximum atomic E-state index is 6.21. The SMILES string of the molecule is CCCSCc1noc(C2CCCCCC2N)n1. The molecule has 0 aliphatic heterocycles. The number of nitrogens with two attached hydrogens (primary N) is 1. The van der Waals surface area contributed by atoms with Crippen LogP contribution in [0.5, 0.6) is 0 Å². The molecule has 1 heterocycles. The first-order valence-electron chi connectivity index (χ1n) is 6.97. The van der Waals surface area contributed by atoms with Gasteiger partial charge >= 0.3 is 0 Å². The second-order valence-electron chi connectivity index (χ2n) is 5.01. The molecule has 0 bridgehead atoms. The van der Waals surface area contributed by atoms with Crippen molar-refractivity contribution in [3.05, 3.63) is 11.7 Å². The minimum Gasteiger partial charge on any atom is -0.339 e. The van der Waals surface area contributed by atoms with Gasteiger partial charge in [0.05, 0.1) is 11.7 Å². The molecule has 5 heteroatoms. The summed E-state index contributed by atoms with van der Waals surface area (Å²) in [6.07, 6.45) is 7.07. The quantitative estimate of drug-likeness (QED) is 0.657. The van der Waals surface area contributed by atoms with Gasteiger partial charge in [-0.3, -0.25) is 0 Å². The minimum absolute atomic E-state index is 0.184. The zero-order valence-electron chi connectivity index (χ0n) is 11.1. The lowest BCUT2D eigenvalue weighted by molar-refractivity contribution is 0.324. The van der Waals surface area contributed by atoms with Crippen molar-refractivity contribution in [1.82, 2.24) is 10.1 Å². The van der Waals surface area contributed by atoms with Crippen LogP contribution in [0.2, 0.25) is 0 Å². The molecule has 1 aromatic rings. The molecule has 4 nitrogen and oxygen atoms in total. The van der Waals surface area contributed by atoms with Crippen LogP contribution in [0.4, 0.5) is 0 Å². The second-order valence-corrected chi connectivity index (χ2v) is 6.11. The highest BCUT2D eigenvalue weighted by atomic mass is 32.2. The number of hydrogen-bond donors (Lipinski definition) is 1. The van der Waals surface area contributed by atoms with Gasteiger partial charge in [0.25, 0.3) is 0 Å². The van der Waals surface area contributed by atoms with Gasteiger partial charge in [-0.2, -0.15) is 16.7 Å². The molecule has 1 fully saturated rings. The maximum absolute atomic E-state index is 6.21.